The maximum Gasteiger partial charge on any atom is 0.0818 e. The third-order valence-electron chi connectivity index (χ3n) is 3.51. The number of hydrogen-bond acceptors (Lipinski definition) is 1. The van der Waals surface area contributed by atoms with Crippen molar-refractivity contribution in [2.45, 2.75) is 60.0 Å². The van der Waals surface area contributed by atoms with Crippen molar-refractivity contribution in [3.05, 3.63) is 34.4 Å². The van der Waals surface area contributed by atoms with E-state index in [1.807, 2.05) is 0 Å². The van der Waals surface area contributed by atoms with Crippen LogP contribution in [0.15, 0.2) is 12.1 Å². The first kappa shape index (κ1) is 14.2. The Balaban J connectivity index is 3.34. The van der Waals surface area contributed by atoms with E-state index in [1.165, 1.54) is 22.3 Å². The molecule has 0 radical (unpaired) electrons. The first-order valence-corrected chi connectivity index (χ1v) is 6.87. The Kier molecular flexibility index (Phi) is 5.20. The molecule has 0 aliphatic carbocycles. The molecule has 0 aliphatic heterocycles. The van der Waals surface area contributed by atoms with Crippen molar-refractivity contribution in [2.75, 3.05) is 0 Å². The number of rotatable bonds is 5. The molecule has 96 valence electrons. The summed E-state index contributed by atoms with van der Waals surface area (Å²) in [6.07, 6.45) is 2.74. The lowest BCUT2D eigenvalue weighted by molar-refractivity contribution is 0.125. The van der Waals surface area contributed by atoms with Crippen LogP contribution in [0.25, 0.3) is 0 Å². The maximum atomic E-state index is 10.4. The van der Waals surface area contributed by atoms with E-state index in [9.17, 15) is 5.11 Å². The smallest absolute Gasteiger partial charge is 0.0818 e. The van der Waals surface area contributed by atoms with Crippen LogP contribution in [0, 0.1) is 5.92 Å². The summed E-state index contributed by atoms with van der Waals surface area (Å²) in [5, 5.41) is 10.4. The Morgan fingerprint density at radius 3 is 1.71 bits per heavy atom. The molecule has 0 saturated carbocycles. The molecule has 0 spiro atoms. The van der Waals surface area contributed by atoms with Crippen molar-refractivity contribution in [2.24, 2.45) is 5.92 Å². The summed E-state index contributed by atoms with van der Waals surface area (Å²) < 4.78 is 0. The van der Waals surface area contributed by atoms with E-state index in [0.717, 1.165) is 19.3 Å². The third-order valence-corrected chi connectivity index (χ3v) is 3.51. The minimum Gasteiger partial charge on any atom is -0.388 e. The first-order valence-electron chi connectivity index (χ1n) is 6.87. The van der Waals surface area contributed by atoms with Gasteiger partial charge in [-0.15, -0.1) is 0 Å². The Hall–Kier alpha value is -0.820. The fraction of sp³-hybridized carbons (Fsp3) is 0.625. The fourth-order valence-electron chi connectivity index (χ4n) is 2.35. The van der Waals surface area contributed by atoms with Crippen molar-refractivity contribution in [3.8, 4) is 0 Å². The third kappa shape index (κ3) is 3.10. The van der Waals surface area contributed by atoms with Crippen LogP contribution in [0.4, 0.5) is 0 Å². The van der Waals surface area contributed by atoms with Crippen LogP contribution in [0.2, 0.25) is 0 Å². The molecule has 1 rings (SSSR count). The van der Waals surface area contributed by atoms with Gasteiger partial charge >= 0.3 is 0 Å². The second kappa shape index (κ2) is 6.20. The van der Waals surface area contributed by atoms with Crippen LogP contribution in [0.5, 0.6) is 0 Å². The molecule has 0 aromatic heterocycles. The van der Waals surface area contributed by atoms with Gasteiger partial charge in [0.15, 0.2) is 0 Å². The predicted octanol–water partition coefficient (Wildman–Crippen LogP) is 4.06. The SMILES string of the molecule is CCc1cc(CC)c(C(O)C(C)C)c(CC)c1. The van der Waals surface area contributed by atoms with Crippen LogP contribution >= 0.6 is 0 Å². The number of aliphatic hydroxyl groups excluding tert-OH is 1. The van der Waals surface area contributed by atoms with Gasteiger partial charge in [-0.25, -0.2) is 0 Å². The lowest BCUT2D eigenvalue weighted by Crippen LogP contribution is -2.12. The van der Waals surface area contributed by atoms with Crippen LogP contribution in [-0.4, -0.2) is 5.11 Å². The van der Waals surface area contributed by atoms with Crippen LogP contribution in [0.3, 0.4) is 0 Å². The molecule has 1 aromatic carbocycles. The molecule has 1 heteroatoms. The predicted molar refractivity (Wildman–Crippen MR) is 74.4 cm³/mol. The average molecular weight is 234 g/mol. The zero-order valence-corrected chi connectivity index (χ0v) is 11.9. The standard InChI is InChI=1S/C16H26O/c1-6-12-9-13(7-2)15(14(8-3)10-12)16(17)11(4)5/h9-11,16-17H,6-8H2,1-5H3. The van der Waals surface area contributed by atoms with Crippen LogP contribution < -0.4 is 0 Å². The highest BCUT2D eigenvalue weighted by atomic mass is 16.3. The fourth-order valence-corrected chi connectivity index (χ4v) is 2.35. The Bertz CT molecular complexity index is 341. The summed E-state index contributed by atoms with van der Waals surface area (Å²) in [4.78, 5) is 0. The largest absolute Gasteiger partial charge is 0.388 e. The van der Waals surface area contributed by atoms with Gasteiger partial charge in [-0.3, -0.25) is 0 Å². The summed E-state index contributed by atoms with van der Waals surface area (Å²) in [6.45, 7) is 10.7. The monoisotopic (exact) mass is 234 g/mol. The molecule has 1 atom stereocenters. The van der Waals surface area contributed by atoms with Gasteiger partial charge in [0.25, 0.3) is 0 Å². The highest BCUT2D eigenvalue weighted by Gasteiger charge is 2.19. The maximum absolute atomic E-state index is 10.4. The molecule has 1 nitrogen and oxygen atoms in total. The highest BCUT2D eigenvalue weighted by molar-refractivity contribution is 5.41. The minimum atomic E-state index is -0.328. The molecule has 0 aliphatic rings. The van der Waals surface area contributed by atoms with Gasteiger partial charge < -0.3 is 5.11 Å². The van der Waals surface area contributed by atoms with Gasteiger partial charge in [-0.05, 0) is 47.4 Å². The number of aryl methyl sites for hydroxylation is 3. The topological polar surface area (TPSA) is 20.2 Å². The molecule has 0 fully saturated rings. The van der Waals surface area contributed by atoms with Crippen molar-refractivity contribution >= 4 is 0 Å². The van der Waals surface area contributed by atoms with Crippen molar-refractivity contribution in [3.63, 3.8) is 0 Å². The molecule has 1 aromatic rings. The molecular formula is C16H26O. The zero-order chi connectivity index (χ0) is 13.0. The van der Waals surface area contributed by atoms with Crippen LogP contribution in [0.1, 0.15) is 63.0 Å². The number of hydrogen-bond donors (Lipinski definition) is 1. The van der Waals surface area contributed by atoms with E-state index in [0.29, 0.717) is 0 Å². The van der Waals surface area contributed by atoms with Crippen molar-refractivity contribution in [1.29, 1.82) is 0 Å². The first-order chi connectivity index (χ1) is 8.04. The van der Waals surface area contributed by atoms with Gasteiger partial charge in [0.2, 0.25) is 0 Å². The summed E-state index contributed by atoms with van der Waals surface area (Å²) in [7, 11) is 0. The Labute approximate surface area is 106 Å². The van der Waals surface area contributed by atoms with Gasteiger partial charge in [0.05, 0.1) is 6.10 Å². The second-order valence-corrected chi connectivity index (χ2v) is 5.08. The van der Waals surface area contributed by atoms with Gasteiger partial charge in [0, 0.05) is 0 Å². The van der Waals surface area contributed by atoms with Gasteiger partial charge in [-0.1, -0.05) is 46.8 Å². The number of benzene rings is 1. The van der Waals surface area contributed by atoms with E-state index >= 15 is 0 Å². The quantitative estimate of drug-likeness (QED) is 0.814. The van der Waals surface area contributed by atoms with E-state index < -0.39 is 0 Å². The Morgan fingerprint density at radius 1 is 0.941 bits per heavy atom. The lowest BCUT2D eigenvalue weighted by atomic mass is 9.86. The molecule has 1 unspecified atom stereocenters. The molecular weight excluding hydrogens is 208 g/mol. The molecule has 0 amide bonds. The van der Waals surface area contributed by atoms with E-state index in [1.54, 1.807) is 0 Å². The molecule has 0 heterocycles. The molecule has 17 heavy (non-hydrogen) atoms. The van der Waals surface area contributed by atoms with E-state index in [2.05, 4.69) is 46.8 Å². The van der Waals surface area contributed by atoms with E-state index in [-0.39, 0.29) is 12.0 Å². The van der Waals surface area contributed by atoms with Gasteiger partial charge in [-0.2, -0.15) is 0 Å². The normalized spacial score (nSPS) is 13.1. The summed E-state index contributed by atoms with van der Waals surface area (Å²) >= 11 is 0. The summed E-state index contributed by atoms with van der Waals surface area (Å²) in [6, 6.07) is 4.53. The van der Waals surface area contributed by atoms with E-state index in [4.69, 9.17) is 0 Å². The van der Waals surface area contributed by atoms with Crippen molar-refractivity contribution < 1.29 is 5.11 Å². The van der Waals surface area contributed by atoms with Crippen molar-refractivity contribution in [1.82, 2.24) is 0 Å². The summed E-state index contributed by atoms with van der Waals surface area (Å²) in [5.41, 5.74) is 5.21. The number of aliphatic hydroxyl groups is 1. The molecule has 1 N–H and O–H groups in total. The lowest BCUT2D eigenvalue weighted by Gasteiger charge is -2.23. The average Bonchev–Trinajstić information content (AvgIpc) is 2.35. The van der Waals surface area contributed by atoms with Gasteiger partial charge in [0.1, 0.15) is 0 Å². The second-order valence-electron chi connectivity index (χ2n) is 5.08. The summed E-state index contributed by atoms with van der Waals surface area (Å²) in [5.74, 6) is 0.276. The molecule has 0 saturated heterocycles. The highest BCUT2D eigenvalue weighted by Crippen LogP contribution is 2.30. The van der Waals surface area contributed by atoms with Crippen LogP contribution in [-0.2, 0) is 19.3 Å². The molecule has 0 bridgehead atoms. The Morgan fingerprint density at radius 2 is 1.41 bits per heavy atom. The zero-order valence-electron chi connectivity index (χ0n) is 11.9. The minimum absolute atomic E-state index is 0.276.